The molecule has 0 spiro atoms. The van der Waals surface area contributed by atoms with Crippen LogP contribution in [0.5, 0.6) is 17.2 Å². The Kier molecular flexibility index (Phi) is 6.62. The normalized spacial score (nSPS) is 16.2. The van der Waals surface area contributed by atoms with Crippen LogP contribution in [0, 0.1) is 0 Å². The summed E-state index contributed by atoms with van der Waals surface area (Å²) in [6.07, 6.45) is 5.26. The predicted molar refractivity (Wildman–Crippen MR) is 142 cm³/mol. The van der Waals surface area contributed by atoms with Gasteiger partial charge in [0.1, 0.15) is 28.4 Å². The van der Waals surface area contributed by atoms with Crippen LogP contribution in [0.3, 0.4) is 0 Å². The molecule has 0 radical (unpaired) electrons. The zero-order valence-electron chi connectivity index (χ0n) is 21.5. The van der Waals surface area contributed by atoms with Crippen LogP contribution in [0.15, 0.2) is 49.2 Å². The summed E-state index contributed by atoms with van der Waals surface area (Å²) < 4.78 is 56.2. The molecular weight excluding hydrogens is 549 g/mol. The SMILES string of the molecule is CN1CCC[C@H]1COc1cc(Nc2nc3ncc(Oc4cnn5ccncc45)c(Cl)c3n2C)cc(C(F)(F)F)c1. The fourth-order valence-electron chi connectivity index (χ4n) is 4.74. The molecule has 0 unspecified atom stereocenters. The molecule has 0 saturated carbocycles. The monoisotopic (exact) mass is 572 g/mol. The van der Waals surface area contributed by atoms with Gasteiger partial charge in [-0.25, -0.2) is 9.50 Å². The first-order chi connectivity index (χ1) is 19.2. The smallest absolute Gasteiger partial charge is 0.416 e. The first kappa shape index (κ1) is 26.1. The molecule has 1 saturated heterocycles. The lowest BCUT2D eigenvalue weighted by molar-refractivity contribution is -0.137. The highest BCUT2D eigenvalue weighted by Crippen LogP contribution is 2.38. The van der Waals surface area contributed by atoms with Gasteiger partial charge in [-0.15, -0.1) is 0 Å². The molecule has 6 rings (SSSR count). The van der Waals surface area contributed by atoms with Gasteiger partial charge in [0.05, 0.1) is 24.2 Å². The van der Waals surface area contributed by atoms with E-state index in [-0.39, 0.29) is 39.8 Å². The average molecular weight is 573 g/mol. The van der Waals surface area contributed by atoms with Gasteiger partial charge in [0, 0.05) is 37.2 Å². The van der Waals surface area contributed by atoms with Crippen molar-refractivity contribution >= 4 is 39.9 Å². The van der Waals surface area contributed by atoms with Crippen molar-refractivity contribution in [2.75, 3.05) is 25.5 Å². The van der Waals surface area contributed by atoms with Crippen LogP contribution in [0.25, 0.3) is 16.7 Å². The third-order valence-corrected chi connectivity index (χ3v) is 7.28. The molecule has 0 bridgehead atoms. The number of nitrogens with one attached hydrogen (secondary N) is 1. The van der Waals surface area contributed by atoms with Gasteiger partial charge in [-0.3, -0.25) is 4.98 Å². The van der Waals surface area contributed by atoms with Gasteiger partial charge in [0.25, 0.3) is 0 Å². The number of ether oxygens (including phenoxy) is 2. The van der Waals surface area contributed by atoms with Crippen LogP contribution in [-0.2, 0) is 13.2 Å². The highest BCUT2D eigenvalue weighted by atomic mass is 35.5. The highest BCUT2D eigenvalue weighted by Gasteiger charge is 2.32. The van der Waals surface area contributed by atoms with Crippen molar-refractivity contribution in [1.29, 1.82) is 0 Å². The Balaban J connectivity index is 1.29. The summed E-state index contributed by atoms with van der Waals surface area (Å²) >= 11 is 6.69. The molecule has 0 aliphatic carbocycles. The fourth-order valence-corrected chi connectivity index (χ4v) is 5.03. The zero-order chi connectivity index (χ0) is 28.0. The van der Waals surface area contributed by atoms with E-state index in [1.54, 1.807) is 34.7 Å². The molecule has 1 atom stereocenters. The maximum atomic E-state index is 13.7. The number of rotatable bonds is 7. The van der Waals surface area contributed by atoms with Gasteiger partial charge in [-0.1, -0.05) is 11.6 Å². The first-order valence-electron chi connectivity index (χ1n) is 12.5. The minimum absolute atomic E-state index is 0.117. The van der Waals surface area contributed by atoms with Gasteiger partial charge in [0.15, 0.2) is 17.1 Å². The standard InChI is InChI=1S/C26H24ClF3N8O2/c1-36-6-3-4-17(36)14-39-18-9-15(26(28,29)30)8-16(10-18)34-25-35-24-23(37(25)2)22(27)21(12-32-24)40-20-13-33-38-7-5-31-11-19(20)38/h5,7-13,17H,3-4,6,14H2,1-2H3,(H,32,34,35)/t17-/m0/s1. The number of benzene rings is 1. The summed E-state index contributed by atoms with van der Waals surface area (Å²) in [6.45, 7) is 1.24. The van der Waals surface area contributed by atoms with Crippen molar-refractivity contribution in [3.8, 4) is 17.2 Å². The highest BCUT2D eigenvalue weighted by molar-refractivity contribution is 6.36. The molecular formula is C26H24ClF3N8O2. The number of aryl methyl sites for hydroxylation is 1. The Hall–Kier alpha value is -4.10. The number of imidazole rings is 1. The first-order valence-corrected chi connectivity index (χ1v) is 12.8. The third-order valence-electron chi connectivity index (χ3n) is 6.92. The average Bonchev–Trinajstić information content (AvgIpc) is 3.61. The molecule has 1 fully saturated rings. The van der Waals surface area contributed by atoms with Crippen LogP contribution >= 0.6 is 11.6 Å². The second-order valence-electron chi connectivity index (χ2n) is 9.58. The Morgan fingerprint density at radius 1 is 1.12 bits per heavy atom. The van der Waals surface area contributed by atoms with Gasteiger partial charge < -0.3 is 24.3 Å². The predicted octanol–water partition coefficient (Wildman–Crippen LogP) is 5.69. The zero-order valence-corrected chi connectivity index (χ0v) is 22.2. The molecule has 208 valence electrons. The number of aromatic nitrogens is 6. The van der Waals surface area contributed by atoms with Gasteiger partial charge in [-0.05, 0) is 38.6 Å². The Morgan fingerprint density at radius 2 is 1.98 bits per heavy atom. The largest absolute Gasteiger partial charge is 0.492 e. The number of halogens is 4. The minimum Gasteiger partial charge on any atom is -0.492 e. The number of hydrogen-bond donors (Lipinski definition) is 1. The van der Waals surface area contributed by atoms with E-state index in [1.807, 2.05) is 7.05 Å². The topological polar surface area (TPSA) is 94.6 Å². The second-order valence-corrected chi connectivity index (χ2v) is 9.95. The van der Waals surface area contributed by atoms with E-state index >= 15 is 0 Å². The molecule has 14 heteroatoms. The number of hydrogen-bond acceptors (Lipinski definition) is 8. The van der Waals surface area contributed by atoms with E-state index in [9.17, 15) is 13.2 Å². The molecule has 1 N–H and O–H groups in total. The molecule has 0 amide bonds. The maximum absolute atomic E-state index is 13.7. The Morgan fingerprint density at radius 3 is 2.75 bits per heavy atom. The molecule has 10 nitrogen and oxygen atoms in total. The molecule has 40 heavy (non-hydrogen) atoms. The van der Waals surface area contributed by atoms with Crippen molar-refractivity contribution < 1.29 is 22.6 Å². The molecule has 1 aliphatic rings. The third kappa shape index (κ3) is 4.97. The lowest BCUT2D eigenvalue weighted by Crippen LogP contribution is -2.30. The lowest BCUT2D eigenvalue weighted by atomic mass is 10.1. The summed E-state index contributed by atoms with van der Waals surface area (Å²) in [6, 6.07) is 3.70. The summed E-state index contributed by atoms with van der Waals surface area (Å²) in [5.41, 5.74) is 0.684. The van der Waals surface area contributed by atoms with Crippen molar-refractivity contribution in [3.63, 3.8) is 0 Å². The lowest BCUT2D eigenvalue weighted by Gasteiger charge is -2.20. The van der Waals surface area contributed by atoms with E-state index < -0.39 is 11.7 Å². The number of likely N-dealkylation sites (N-methyl/N-ethyl adjacent to an activating group) is 1. The van der Waals surface area contributed by atoms with Crippen LogP contribution < -0.4 is 14.8 Å². The van der Waals surface area contributed by atoms with Crippen molar-refractivity contribution in [2.45, 2.75) is 25.1 Å². The van der Waals surface area contributed by atoms with Crippen molar-refractivity contribution in [2.24, 2.45) is 7.05 Å². The molecule has 1 aliphatic heterocycles. The van der Waals surface area contributed by atoms with Crippen LogP contribution in [0.1, 0.15) is 18.4 Å². The number of likely N-dealkylation sites (tertiary alicyclic amines) is 1. The summed E-state index contributed by atoms with van der Waals surface area (Å²) in [5.74, 6) is 1.04. The van der Waals surface area contributed by atoms with E-state index in [0.717, 1.165) is 31.5 Å². The quantitative estimate of drug-likeness (QED) is 0.266. The number of anilines is 2. The van der Waals surface area contributed by atoms with Gasteiger partial charge in [0.2, 0.25) is 5.95 Å². The summed E-state index contributed by atoms with van der Waals surface area (Å²) in [5, 5.41) is 7.41. The number of pyridine rings is 1. The molecule has 5 heterocycles. The van der Waals surface area contributed by atoms with Gasteiger partial charge in [-0.2, -0.15) is 23.3 Å². The second kappa shape index (κ2) is 10.1. The summed E-state index contributed by atoms with van der Waals surface area (Å²) in [7, 11) is 3.66. The van der Waals surface area contributed by atoms with E-state index in [1.165, 1.54) is 18.5 Å². The molecule has 4 aromatic heterocycles. The minimum atomic E-state index is -4.56. The fraction of sp³-hybridized carbons (Fsp3) is 0.308. The number of nitrogens with zero attached hydrogens (tertiary/aromatic N) is 7. The van der Waals surface area contributed by atoms with E-state index in [4.69, 9.17) is 21.1 Å². The van der Waals surface area contributed by atoms with Crippen molar-refractivity contribution in [1.82, 2.24) is 34.0 Å². The Bertz CT molecular complexity index is 1700. The van der Waals surface area contributed by atoms with Crippen LogP contribution in [-0.4, -0.2) is 60.3 Å². The molecule has 5 aromatic rings. The van der Waals surface area contributed by atoms with Crippen molar-refractivity contribution in [3.05, 3.63) is 59.8 Å². The molecule has 1 aromatic carbocycles. The maximum Gasteiger partial charge on any atom is 0.416 e. The van der Waals surface area contributed by atoms with E-state index in [0.29, 0.717) is 23.4 Å². The van der Waals surface area contributed by atoms with Gasteiger partial charge >= 0.3 is 6.18 Å². The van der Waals surface area contributed by atoms with E-state index in [2.05, 4.69) is 30.3 Å². The number of alkyl halides is 3. The summed E-state index contributed by atoms with van der Waals surface area (Å²) in [4.78, 5) is 15.0. The van der Waals surface area contributed by atoms with Crippen LogP contribution in [0.4, 0.5) is 24.8 Å². The van der Waals surface area contributed by atoms with Crippen LogP contribution in [0.2, 0.25) is 5.02 Å². The Labute approximate surface area is 231 Å². The number of fused-ring (bicyclic) bond motifs is 2.